The SMILES string of the molecule is CCCN1C[C@H]2CCC[C@H]2[C@@H]1C(=O)Nc1c(C)cccc1C. The van der Waals surface area contributed by atoms with Gasteiger partial charge in [-0.05, 0) is 62.6 Å². The number of fused-ring (bicyclic) bond motifs is 1. The Labute approximate surface area is 134 Å². The Hall–Kier alpha value is -1.35. The van der Waals surface area contributed by atoms with Crippen LogP contribution in [0.15, 0.2) is 18.2 Å². The van der Waals surface area contributed by atoms with Gasteiger partial charge in [0.2, 0.25) is 5.91 Å². The number of para-hydroxylation sites is 1. The molecule has 1 heterocycles. The average Bonchev–Trinajstić information content (AvgIpc) is 3.03. The zero-order valence-corrected chi connectivity index (χ0v) is 14.1. The fourth-order valence-corrected chi connectivity index (χ4v) is 4.48. The van der Waals surface area contributed by atoms with Crippen molar-refractivity contribution in [2.24, 2.45) is 11.8 Å². The maximum absolute atomic E-state index is 13.0. The van der Waals surface area contributed by atoms with E-state index in [9.17, 15) is 4.79 Å². The monoisotopic (exact) mass is 300 g/mol. The minimum Gasteiger partial charge on any atom is -0.324 e. The molecule has 3 atom stereocenters. The van der Waals surface area contributed by atoms with Crippen LogP contribution in [0.25, 0.3) is 0 Å². The molecule has 1 N–H and O–H groups in total. The fraction of sp³-hybridized carbons (Fsp3) is 0.632. The van der Waals surface area contributed by atoms with Gasteiger partial charge >= 0.3 is 0 Å². The third kappa shape index (κ3) is 2.79. The zero-order valence-electron chi connectivity index (χ0n) is 14.1. The van der Waals surface area contributed by atoms with E-state index in [0.717, 1.165) is 42.2 Å². The summed E-state index contributed by atoms with van der Waals surface area (Å²) in [4.78, 5) is 15.4. The second kappa shape index (κ2) is 6.41. The van der Waals surface area contributed by atoms with Crippen molar-refractivity contribution in [2.45, 2.75) is 52.5 Å². The molecule has 120 valence electrons. The molecule has 0 radical (unpaired) electrons. The molecule has 0 spiro atoms. The van der Waals surface area contributed by atoms with Gasteiger partial charge in [-0.3, -0.25) is 9.69 Å². The Balaban J connectivity index is 1.80. The number of hydrogen-bond donors (Lipinski definition) is 1. The minimum atomic E-state index is 0.0754. The van der Waals surface area contributed by atoms with E-state index in [-0.39, 0.29) is 11.9 Å². The van der Waals surface area contributed by atoms with Gasteiger partial charge < -0.3 is 5.32 Å². The van der Waals surface area contributed by atoms with Crippen molar-refractivity contribution in [2.75, 3.05) is 18.4 Å². The molecule has 1 aliphatic carbocycles. The first-order chi connectivity index (χ1) is 10.6. The standard InChI is InChI=1S/C19H28N2O/c1-4-11-21-12-15-9-6-10-16(15)18(21)19(22)20-17-13(2)7-5-8-14(17)3/h5,7-8,15-16,18H,4,6,9-12H2,1-3H3,(H,20,22)/t15-,16-,18-/m1/s1. The molecule has 0 bridgehead atoms. The van der Waals surface area contributed by atoms with Gasteiger partial charge in [0, 0.05) is 12.2 Å². The van der Waals surface area contributed by atoms with Crippen LogP contribution >= 0.6 is 0 Å². The van der Waals surface area contributed by atoms with E-state index in [4.69, 9.17) is 0 Å². The van der Waals surface area contributed by atoms with Crippen LogP contribution in [0, 0.1) is 25.7 Å². The van der Waals surface area contributed by atoms with Crippen LogP contribution in [0.1, 0.15) is 43.7 Å². The van der Waals surface area contributed by atoms with E-state index in [0.29, 0.717) is 5.92 Å². The Morgan fingerprint density at radius 1 is 1.27 bits per heavy atom. The van der Waals surface area contributed by atoms with E-state index in [2.05, 4.69) is 43.1 Å². The molecule has 1 saturated heterocycles. The van der Waals surface area contributed by atoms with Crippen molar-refractivity contribution in [3.63, 3.8) is 0 Å². The van der Waals surface area contributed by atoms with Crippen molar-refractivity contribution in [1.29, 1.82) is 0 Å². The Morgan fingerprint density at radius 3 is 2.68 bits per heavy atom. The number of nitrogens with zero attached hydrogens (tertiary/aromatic N) is 1. The molecule has 1 amide bonds. The molecule has 0 unspecified atom stereocenters. The number of nitrogens with one attached hydrogen (secondary N) is 1. The summed E-state index contributed by atoms with van der Waals surface area (Å²) in [6.07, 6.45) is 4.93. The Kier molecular flexibility index (Phi) is 4.53. The third-order valence-corrected chi connectivity index (χ3v) is 5.49. The van der Waals surface area contributed by atoms with E-state index >= 15 is 0 Å². The molecule has 1 aliphatic heterocycles. The van der Waals surface area contributed by atoms with Crippen LogP contribution in [0.2, 0.25) is 0 Å². The number of anilines is 1. The van der Waals surface area contributed by atoms with Gasteiger partial charge in [0.05, 0.1) is 6.04 Å². The van der Waals surface area contributed by atoms with Gasteiger partial charge in [0.15, 0.2) is 0 Å². The summed E-state index contributed by atoms with van der Waals surface area (Å²) in [5.41, 5.74) is 3.30. The number of carbonyl (C=O) groups is 1. The van der Waals surface area contributed by atoms with Crippen molar-refractivity contribution in [3.05, 3.63) is 29.3 Å². The average molecular weight is 300 g/mol. The number of likely N-dealkylation sites (tertiary alicyclic amines) is 1. The van der Waals surface area contributed by atoms with Crippen LogP contribution in [-0.2, 0) is 4.79 Å². The molecule has 22 heavy (non-hydrogen) atoms. The number of amides is 1. The fourth-order valence-electron chi connectivity index (χ4n) is 4.48. The van der Waals surface area contributed by atoms with Gasteiger partial charge in [-0.15, -0.1) is 0 Å². The van der Waals surface area contributed by atoms with Crippen LogP contribution < -0.4 is 5.32 Å². The third-order valence-electron chi connectivity index (χ3n) is 5.49. The maximum Gasteiger partial charge on any atom is 0.242 e. The topological polar surface area (TPSA) is 32.3 Å². The number of benzene rings is 1. The molecule has 1 saturated carbocycles. The van der Waals surface area contributed by atoms with Crippen LogP contribution in [0.5, 0.6) is 0 Å². The molecule has 1 aromatic carbocycles. The van der Waals surface area contributed by atoms with Crippen molar-refractivity contribution < 1.29 is 4.79 Å². The lowest BCUT2D eigenvalue weighted by Crippen LogP contribution is -2.43. The second-order valence-electron chi connectivity index (χ2n) is 7.05. The Morgan fingerprint density at radius 2 is 2.00 bits per heavy atom. The zero-order chi connectivity index (χ0) is 15.7. The molecular weight excluding hydrogens is 272 g/mol. The van der Waals surface area contributed by atoms with Gasteiger partial charge in [-0.25, -0.2) is 0 Å². The van der Waals surface area contributed by atoms with Crippen molar-refractivity contribution in [3.8, 4) is 0 Å². The molecule has 3 nitrogen and oxygen atoms in total. The number of carbonyl (C=O) groups excluding carboxylic acids is 1. The van der Waals surface area contributed by atoms with Crippen LogP contribution in [-0.4, -0.2) is 29.9 Å². The summed E-state index contributed by atoms with van der Waals surface area (Å²) in [5.74, 6) is 1.51. The Bertz CT molecular complexity index is 534. The van der Waals surface area contributed by atoms with Crippen LogP contribution in [0.4, 0.5) is 5.69 Å². The number of aryl methyl sites for hydroxylation is 2. The summed E-state index contributed by atoms with van der Waals surface area (Å²) >= 11 is 0. The van der Waals surface area contributed by atoms with Crippen LogP contribution in [0.3, 0.4) is 0 Å². The molecule has 2 fully saturated rings. The van der Waals surface area contributed by atoms with Crippen molar-refractivity contribution in [1.82, 2.24) is 4.90 Å². The highest BCUT2D eigenvalue weighted by molar-refractivity contribution is 5.96. The van der Waals surface area contributed by atoms with Gasteiger partial charge in [0.25, 0.3) is 0 Å². The predicted molar refractivity (Wildman–Crippen MR) is 91.0 cm³/mol. The molecule has 3 rings (SSSR count). The maximum atomic E-state index is 13.0. The smallest absolute Gasteiger partial charge is 0.242 e. The number of rotatable bonds is 4. The van der Waals surface area contributed by atoms with Crippen molar-refractivity contribution >= 4 is 11.6 Å². The quantitative estimate of drug-likeness (QED) is 0.918. The first kappa shape index (κ1) is 15.5. The lowest BCUT2D eigenvalue weighted by atomic mass is 9.93. The van der Waals surface area contributed by atoms with E-state index in [1.54, 1.807) is 0 Å². The minimum absolute atomic E-state index is 0.0754. The summed E-state index contributed by atoms with van der Waals surface area (Å²) in [5, 5.41) is 3.24. The first-order valence-electron chi connectivity index (χ1n) is 8.73. The predicted octanol–water partition coefficient (Wildman–Crippen LogP) is 3.75. The van der Waals surface area contributed by atoms with Gasteiger partial charge in [-0.1, -0.05) is 31.5 Å². The van der Waals surface area contributed by atoms with Gasteiger partial charge in [-0.2, -0.15) is 0 Å². The second-order valence-corrected chi connectivity index (χ2v) is 7.05. The normalized spacial score (nSPS) is 27.9. The number of hydrogen-bond acceptors (Lipinski definition) is 2. The molecule has 0 aromatic heterocycles. The highest BCUT2D eigenvalue weighted by Crippen LogP contribution is 2.42. The molecular formula is C19H28N2O. The highest BCUT2D eigenvalue weighted by Gasteiger charge is 2.47. The lowest BCUT2D eigenvalue weighted by molar-refractivity contribution is -0.121. The molecule has 3 heteroatoms. The van der Waals surface area contributed by atoms with E-state index < -0.39 is 0 Å². The summed E-state index contributed by atoms with van der Waals surface area (Å²) in [6.45, 7) is 8.49. The highest BCUT2D eigenvalue weighted by atomic mass is 16.2. The van der Waals surface area contributed by atoms with E-state index in [1.807, 2.05) is 6.07 Å². The molecule has 2 aliphatic rings. The first-order valence-corrected chi connectivity index (χ1v) is 8.73. The largest absolute Gasteiger partial charge is 0.324 e. The summed E-state index contributed by atoms with van der Waals surface area (Å²) < 4.78 is 0. The lowest BCUT2D eigenvalue weighted by Gasteiger charge is -2.27. The van der Waals surface area contributed by atoms with Gasteiger partial charge in [0.1, 0.15) is 0 Å². The summed E-state index contributed by atoms with van der Waals surface area (Å²) in [6, 6.07) is 6.26. The molecule has 1 aromatic rings. The van der Waals surface area contributed by atoms with E-state index in [1.165, 1.54) is 19.3 Å². The summed E-state index contributed by atoms with van der Waals surface area (Å²) in [7, 11) is 0.